The third kappa shape index (κ3) is 5.74. The van der Waals surface area contributed by atoms with Crippen LogP contribution >= 0.6 is 12.6 Å². The highest BCUT2D eigenvalue weighted by Crippen LogP contribution is 2.36. The maximum absolute atomic E-state index is 13.0. The molecule has 3 rings (SSSR count). The van der Waals surface area contributed by atoms with E-state index in [0.717, 1.165) is 37.7 Å². The lowest BCUT2D eigenvalue weighted by Crippen LogP contribution is -2.53. The van der Waals surface area contributed by atoms with E-state index in [-0.39, 0.29) is 24.4 Å². The topological polar surface area (TPSA) is 86.7 Å². The van der Waals surface area contributed by atoms with E-state index < -0.39 is 17.3 Å². The van der Waals surface area contributed by atoms with Crippen molar-refractivity contribution < 1.29 is 19.5 Å². The first-order valence-electron chi connectivity index (χ1n) is 9.98. The van der Waals surface area contributed by atoms with Gasteiger partial charge in [0.25, 0.3) is 0 Å². The molecule has 2 N–H and O–H groups in total. The Kier molecular flexibility index (Phi) is 6.99. The number of rotatable bonds is 8. The fraction of sp³-hybridized carbons (Fsp3) is 0.571. The number of amides is 2. The first-order valence-corrected chi connectivity index (χ1v) is 10.5. The van der Waals surface area contributed by atoms with Crippen molar-refractivity contribution in [1.82, 2.24) is 10.2 Å². The van der Waals surface area contributed by atoms with Crippen molar-refractivity contribution in [3.63, 3.8) is 0 Å². The molecule has 3 atom stereocenters. The predicted molar refractivity (Wildman–Crippen MR) is 109 cm³/mol. The highest BCUT2D eigenvalue weighted by Gasteiger charge is 2.37. The molecule has 28 heavy (non-hydrogen) atoms. The quantitative estimate of drug-likeness (QED) is 0.580. The summed E-state index contributed by atoms with van der Waals surface area (Å²) in [6, 6.07) is 8.87. The van der Waals surface area contributed by atoms with Gasteiger partial charge in [0.1, 0.15) is 12.6 Å². The zero-order valence-corrected chi connectivity index (χ0v) is 16.8. The Hall–Kier alpha value is -2.02. The molecule has 6 nitrogen and oxygen atoms in total. The highest BCUT2D eigenvalue weighted by atomic mass is 32.1. The third-order valence-corrected chi connectivity index (χ3v) is 5.97. The third-order valence-electron chi connectivity index (χ3n) is 5.55. The van der Waals surface area contributed by atoms with Gasteiger partial charge in [0.05, 0.1) is 5.25 Å². The minimum atomic E-state index is -1.02. The van der Waals surface area contributed by atoms with E-state index in [1.54, 1.807) is 0 Å². The fourth-order valence-corrected chi connectivity index (χ4v) is 4.17. The van der Waals surface area contributed by atoms with Crippen molar-refractivity contribution in [1.29, 1.82) is 0 Å². The lowest BCUT2D eigenvalue weighted by atomic mass is 10.0. The number of likely N-dealkylation sites (tertiary alicyclic amines) is 1. The largest absolute Gasteiger partial charge is 0.480 e. The highest BCUT2D eigenvalue weighted by molar-refractivity contribution is 7.81. The Labute approximate surface area is 171 Å². The van der Waals surface area contributed by atoms with Crippen molar-refractivity contribution in [3.05, 3.63) is 35.9 Å². The van der Waals surface area contributed by atoms with Gasteiger partial charge in [-0.25, -0.2) is 0 Å². The second-order valence-corrected chi connectivity index (χ2v) is 8.51. The summed E-state index contributed by atoms with van der Waals surface area (Å²) in [7, 11) is 0. The molecule has 1 aliphatic heterocycles. The molecule has 1 heterocycles. The van der Waals surface area contributed by atoms with Crippen LogP contribution in [0.3, 0.4) is 0 Å². The average molecular weight is 405 g/mol. The van der Waals surface area contributed by atoms with Crippen LogP contribution in [0.15, 0.2) is 30.3 Å². The number of benzene rings is 1. The summed E-state index contributed by atoms with van der Waals surface area (Å²) >= 11 is 4.41. The Morgan fingerprint density at radius 1 is 1.18 bits per heavy atom. The van der Waals surface area contributed by atoms with E-state index in [1.165, 1.54) is 4.90 Å². The number of hydrogen-bond donors (Lipinski definition) is 3. The minimum absolute atomic E-state index is 0.0471. The van der Waals surface area contributed by atoms with E-state index in [1.807, 2.05) is 30.3 Å². The molecule has 2 aliphatic rings. The molecule has 152 valence electrons. The summed E-state index contributed by atoms with van der Waals surface area (Å²) in [5.74, 6) is -0.981. The van der Waals surface area contributed by atoms with Crippen LogP contribution in [-0.2, 0) is 20.8 Å². The van der Waals surface area contributed by atoms with Crippen molar-refractivity contribution >= 4 is 30.4 Å². The summed E-state index contributed by atoms with van der Waals surface area (Å²) in [6.07, 6.45) is 5.77. The lowest BCUT2D eigenvalue weighted by Gasteiger charge is -2.31. The number of nitrogens with zero attached hydrogens (tertiary/aromatic N) is 1. The van der Waals surface area contributed by atoms with Crippen LogP contribution in [0.25, 0.3) is 0 Å². The molecule has 0 spiro atoms. The molecule has 1 saturated carbocycles. The number of aliphatic carboxylic acids is 1. The molecule has 0 aromatic heterocycles. The molecule has 0 unspecified atom stereocenters. The molecule has 2 amide bonds. The first-order chi connectivity index (χ1) is 13.4. The maximum atomic E-state index is 13.0. The van der Waals surface area contributed by atoms with Gasteiger partial charge in [-0.2, -0.15) is 12.6 Å². The number of carbonyl (C=O) groups is 3. The van der Waals surface area contributed by atoms with Gasteiger partial charge in [-0.15, -0.1) is 0 Å². The van der Waals surface area contributed by atoms with Crippen LogP contribution < -0.4 is 5.32 Å². The number of carbonyl (C=O) groups excluding carboxylic acids is 2. The van der Waals surface area contributed by atoms with E-state index in [0.29, 0.717) is 18.8 Å². The molecular formula is C21H28N2O4S. The van der Waals surface area contributed by atoms with Crippen molar-refractivity contribution in [2.75, 3.05) is 6.54 Å². The van der Waals surface area contributed by atoms with Crippen molar-refractivity contribution in [2.24, 2.45) is 5.92 Å². The van der Waals surface area contributed by atoms with E-state index in [9.17, 15) is 19.5 Å². The van der Waals surface area contributed by atoms with Gasteiger partial charge in [-0.3, -0.25) is 14.4 Å². The maximum Gasteiger partial charge on any atom is 0.323 e. The molecular weight excluding hydrogens is 376 g/mol. The van der Waals surface area contributed by atoms with Crippen LogP contribution in [-0.4, -0.2) is 51.7 Å². The van der Waals surface area contributed by atoms with Gasteiger partial charge in [-0.05, 0) is 43.6 Å². The van der Waals surface area contributed by atoms with Crippen molar-refractivity contribution in [2.45, 2.75) is 62.3 Å². The minimum Gasteiger partial charge on any atom is -0.480 e. The van der Waals surface area contributed by atoms with Crippen LogP contribution in [0, 0.1) is 5.92 Å². The number of carboxylic acids is 1. The number of nitrogens with one attached hydrogen (secondary N) is 1. The Morgan fingerprint density at radius 2 is 1.89 bits per heavy atom. The van der Waals surface area contributed by atoms with Crippen LogP contribution in [0.4, 0.5) is 0 Å². The lowest BCUT2D eigenvalue weighted by molar-refractivity contribution is -0.147. The Balaban J connectivity index is 1.63. The molecule has 0 radical (unpaired) electrons. The second kappa shape index (κ2) is 9.45. The number of thiol groups is 1. The standard InChI is InChI=1S/C21H28N2O4S/c24-19(25)13-23-16(11-15-9-10-15)7-4-8-17(21(23)27)22-20(26)18(28)12-14-5-2-1-3-6-14/h1-3,5-6,15-18,28H,4,7-13H2,(H,22,26)(H,24,25)/t16-,17+,18+/m1/s1. The molecule has 7 heteroatoms. The molecule has 1 aromatic rings. The van der Waals surface area contributed by atoms with Gasteiger partial charge < -0.3 is 15.3 Å². The van der Waals surface area contributed by atoms with Gasteiger partial charge >= 0.3 is 5.97 Å². The Bertz CT molecular complexity index is 708. The number of carboxylic acid groups (broad SMARTS) is 1. The zero-order valence-electron chi connectivity index (χ0n) is 15.9. The molecule has 2 fully saturated rings. The monoisotopic (exact) mass is 404 g/mol. The first kappa shape index (κ1) is 20.7. The van der Waals surface area contributed by atoms with Gasteiger partial charge in [0.2, 0.25) is 11.8 Å². The summed E-state index contributed by atoms with van der Waals surface area (Å²) in [6.45, 7) is -0.309. The SMILES string of the molecule is O=C(O)CN1C(=O)[C@@H](NC(=O)[C@@H](S)Cc2ccccc2)CCC[C@@H]1CC1CC1. The van der Waals surface area contributed by atoms with E-state index in [2.05, 4.69) is 17.9 Å². The average Bonchev–Trinajstić information content (AvgIpc) is 3.49. The second-order valence-electron chi connectivity index (χ2n) is 7.89. The molecule has 1 saturated heterocycles. The summed E-state index contributed by atoms with van der Waals surface area (Å²) in [5.41, 5.74) is 1.00. The fourth-order valence-electron chi connectivity index (χ4n) is 3.89. The van der Waals surface area contributed by atoms with E-state index >= 15 is 0 Å². The summed E-state index contributed by atoms with van der Waals surface area (Å²) in [5, 5.41) is 11.5. The molecule has 1 aromatic carbocycles. The summed E-state index contributed by atoms with van der Waals surface area (Å²) < 4.78 is 0. The van der Waals surface area contributed by atoms with Crippen LogP contribution in [0.1, 0.15) is 44.1 Å². The smallest absolute Gasteiger partial charge is 0.323 e. The van der Waals surface area contributed by atoms with E-state index in [4.69, 9.17) is 0 Å². The Morgan fingerprint density at radius 3 is 2.54 bits per heavy atom. The zero-order chi connectivity index (χ0) is 20.1. The van der Waals surface area contributed by atoms with Gasteiger partial charge in [-0.1, -0.05) is 43.2 Å². The molecule has 1 aliphatic carbocycles. The van der Waals surface area contributed by atoms with Crippen LogP contribution in [0.5, 0.6) is 0 Å². The number of hydrogen-bond acceptors (Lipinski definition) is 4. The summed E-state index contributed by atoms with van der Waals surface area (Å²) in [4.78, 5) is 38.4. The van der Waals surface area contributed by atoms with Gasteiger partial charge in [0, 0.05) is 6.04 Å². The van der Waals surface area contributed by atoms with Gasteiger partial charge in [0.15, 0.2) is 0 Å². The molecule has 0 bridgehead atoms. The van der Waals surface area contributed by atoms with Crippen molar-refractivity contribution in [3.8, 4) is 0 Å². The predicted octanol–water partition coefficient (Wildman–Crippen LogP) is 2.28. The normalized spacial score (nSPS) is 23.8. The van der Waals surface area contributed by atoms with Crippen LogP contribution in [0.2, 0.25) is 0 Å².